The van der Waals surface area contributed by atoms with Gasteiger partial charge in [-0.3, -0.25) is 4.79 Å². The number of carbonyl (C=O) groups excluding carboxylic acids is 2. The lowest BCUT2D eigenvalue weighted by Gasteiger charge is -2.27. The number of carbonyl (C=O) groups is 2. The third-order valence-electron chi connectivity index (χ3n) is 5.54. The van der Waals surface area contributed by atoms with Crippen molar-refractivity contribution < 1.29 is 18.8 Å². The van der Waals surface area contributed by atoms with E-state index in [-0.39, 0.29) is 18.3 Å². The molecule has 0 saturated heterocycles. The highest BCUT2D eigenvalue weighted by Crippen LogP contribution is 2.30. The second-order valence-corrected chi connectivity index (χ2v) is 7.17. The van der Waals surface area contributed by atoms with Gasteiger partial charge >= 0.3 is 5.97 Å². The van der Waals surface area contributed by atoms with Crippen molar-refractivity contribution in [1.82, 2.24) is 15.0 Å². The molecule has 29 heavy (non-hydrogen) atoms. The van der Waals surface area contributed by atoms with E-state index in [0.29, 0.717) is 36.4 Å². The van der Waals surface area contributed by atoms with Crippen molar-refractivity contribution >= 4 is 33.7 Å². The number of rotatable bonds is 3. The van der Waals surface area contributed by atoms with Gasteiger partial charge in [0.2, 0.25) is 5.91 Å². The third-order valence-corrected chi connectivity index (χ3v) is 5.54. The number of benzene rings is 2. The van der Waals surface area contributed by atoms with Gasteiger partial charge in [0, 0.05) is 41.5 Å². The van der Waals surface area contributed by atoms with Crippen molar-refractivity contribution in [3.63, 3.8) is 0 Å². The van der Waals surface area contributed by atoms with E-state index in [4.69, 9.17) is 9.26 Å². The van der Waals surface area contributed by atoms with Crippen molar-refractivity contribution in [3.8, 4) is 0 Å². The number of methoxy groups -OCH3 is 1. The number of esters is 1. The molecule has 0 atom stereocenters. The van der Waals surface area contributed by atoms with E-state index in [9.17, 15) is 9.59 Å². The van der Waals surface area contributed by atoms with Gasteiger partial charge in [-0.25, -0.2) is 4.79 Å². The molecule has 1 N–H and O–H groups in total. The van der Waals surface area contributed by atoms with Crippen LogP contribution in [0.1, 0.15) is 27.3 Å². The monoisotopic (exact) mass is 389 g/mol. The Kier molecular flexibility index (Phi) is 4.08. The van der Waals surface area contributed by atoms with Crippen LogP contribution in [0.15, 0.2) is 47.0 Å². The summed E-state index contributed by atoms with van der Waals surface area (Å²) in [5.41, 5.74) is 4.72. The van der Waals surface area contributed by atoms with Crippen LogP contribution < -0.4 is 0 Å². The Labute approximate surface area is 166 Å². The zero-order valence-corrected chi connectivity index (χ0v) is 15.9. The number of amides is 1. The molecular weight excluding hydrogens is 370 g/mol. The zero-order chi connectivity index (χ0) is 20.0. The molecule has 2 aromatic heterocycles. The van der Waals surface area contributed by atoms with E-state index in [2.05, 4.69) is 10.1 Å². The molecule has 0 fully saturated rings. The Bertz CT molecular complexity index is 1250. The van der Waals surface area contributed by atoms with Crippen LogP contribution >= 0.6 is 0 Å². The van der Waals surface area contributed by atoms with Crippen molar-refractivity contribution in [3.05, 3.63) is 65.0 Å². The molecule has 2 aromatic carbocycles. The van der Waals surface area contributed by atoms with Gasteiger partial charge in [0.05, 0.1) is 24.6 Å². The number of hydrogen-bond acceptors (Lipinski definition) is 5. The summed E-state index contributed by atoms with van der Waals surface area (Å²) >= 11 is 0. The van der Waals surface area contributed by atoms with Crippen LogP contribution in [0, 0.1) is 0 Å². The van der Waals surface area contributed by atoms with Gasteiger partial charge in [0.15, 0.2) is 5.58 Å². The van der Waals surface area contributed by atoms with Gasteiger partial charge in [-0.15, -0.1) is 0 Å². The van der Waals surface area contributed by atoms with E-state index < -0.39 is 0 Å². The smallest absolute Gasteiger partial charge is 0.339 e. The van der Waals surface area contributed by atoms with Crippen molar-refractivity contribution in [1.29, 1.82) is 0 Å². The predicted octanol–water partition coefficient (Wildman–Crippen LogP) is 3.22. The van der Waals surface area contributed by atoms with Gasteiger partial charge in [-0.1, -0.05) is 29.4 Å². The lowest BCUT2D eigenvalue weighted by atomic mass is 10.0. The SMILES string of the molecule is COC(=O)c1cccc2c3c([nH]c12)CCN(C(=O)Cc1noc2ccccc12)C3. The fourth-order valence-corrected chi connectivity index (χ4v) is 4.05. The molecule has 0 bridgehead atoms. The van der Waals surface area contributed by atoms with Crippen LogP contribution in [0.5, 0.6) is 0 Å². The molecule has 0 unspecified atom stereocenters. The number of hydrogen-bond donors (Lipinski definition) is 1. The molecule has 5 rings (SSSR count). The second-order valence-electron chi connectivity index (χ2n) is 7.17. The predicted molar refractivity (Wildman–Crippen MR) is 106 cm³/mol. The van der Waals surface area contributed by atoms with Crippen LogP contribution in [0.3, 0.4) is 0 Å². The Hall–Kier alpha value is -3.61. The largest absolute Gasteiger partial charge is 0.465 e. The quantitative estimate of drug-likeness (QED) is 0.544. The maximum Gasteiger partial charge on any atom is 0.339 e. The number of H-pyrrole nitrogens is 1. The van der Waals surface area contributed by atoms with Gasteiger partial charge in [0.25, 0.3) is 0 Å². The number of aromatic amines is 1. The zero-order valence-electron chi connectivity index (χ0n) is 15.9. The average Bonchev–Trinajstić information content (AvgIpc) is 3.34. The van der Waals surface area contributed by atoms with E-state index in [1.54, 1.807) is 6.07 Å². The standard InChI is InChI=1S/C22H19N3O4/c1-28-22(27)15-7-4-6-13-16-12-25(10-9-17(16)23-21(13)15)20(26)11-18-14-5-2-3-8-19(14)29-24-18/h2-8,23H,9-12H2,1H3. The normalized spacial score (nSPS) is 13.6. The van der Waals surface area contributed by atoms with Crippen molar-refractivity contribution in [2.45, 2.75) is 19.4 Å². The molecule has 3 heterocycles. The molecule has 146 valence electrons. The molecule has 0 saturated carbocycles. The minimum absolute atomic E-state index is 0.00757. The maximum absolute atomic E-state index is 13.0. The van der Waals surface area contributed by atoms with Crippen molar-refractivity contribution in [2.24, 2.45) is 0 Å². The van der Waals surface area contributed by atoms with E-state index >= 15 is 0 Å². The molecule has 1 amide bonds. The molecule has 7 nitrogen and oxygen atoms in total. The van der Waals surface area contributed by atoms with Gasteiger partial charge in [0.1, 0.15) is 5.69 Å². The summed E-state index contributed by atoms with van der Waals surface area (Å²) in [6.07, 6.45) is 0.901. The molecule has 1 aliphatic rings. The highest BCUT2D eigenvalue weighted by Gasteiger charge is 2.26. The highest BCUT2D eigenvalue weighted by molar-refractivity contribution is 6.04. The lowest BCUT2D eigenvalue weighted by Crippen LogP contribution is -2.36. The second kappa shape index (κ2) is 6.77. The lowest BCUT2D eigenvalue weighted by molar-refractivity contribution is -0.131. The molecular formula is C22H19N3O4. The van der Waals surface area contributed by atoms with Crippen LogP contribution in [-0.4, -0.2) is 40.6 Å². The molecule has 1 aliphatic heterocycles. The Morgan fingerprint density at radius 1 is 1.17 bits per heavy atom. The highest BCUT2D eigenvalue weighted by atomic mass is 16.5. The first-order chi connectivity index (χ1) is 14.2. The molecule has 0 aliphatic carbocycles. The van der Waals surface area contributed by atoms with Crippen LogP contribution in [0.4, 0.5) is 0 Å². The summed E-state index contributed by atoms with van der Waals surface area (Å²) in [5, 5.41) is 5.89. The number of ether oxygens (including phenoxy) is 1. The molecule has 7 heteroatoms. The number of para-hydroxylation sites is 2. The third kappa shape index (κ3) is 2.86. The maximum atomic E-state index is 13.0. The van der Waals surface area contributed by atoms with Gasteiger partial charge < -0.3 is 19.1 Å². The minimum atomic E-state index is -0.375. The summed E-state index contributed by atoms with van der Waals surface area (Å²) in [5.74, 6) is -0.367. The summed E-state index contributed by atoms with van der Waals surface area (Å²) in [4.78, 5) is 30.2. The molecule has 0 radical (unpaired) electrons. The summed E-state index contributed by atoms with van der Waals surface area (Å²) in [6, 6.07) is 13.1. The molecule has 0 spiro atoms. The summed E-state index contributed by atoms with van der Waals surface area (Å²) in [6.45, 7) is 1.11. The number of fused-ring (bicyclic) bond motifs is 4. The first kappa shape index (κ1) is 17.5. The fourth-order valence-electron chi connectivity index (χ4n) is 4.05. The first-order valence-electron chi connectivity index (χ1n) is 9.47. The van der Waals surface area contributed by atoms with Crippen LogP contribution in [0.2, 0.25) is 0 Å². The average molecular weight is 389 g/mol. The fraction of sp³-hybridized carbons (Fsp3) is 0.227. The van der Waals surface area contributed by atoms with Gasteiger partial charge in [-0.05, 0) is 18.2 Å². The Balaban J connectivity index is 1.43. The van der Waals surface area contributed by atoms with E-state index in [0.717, 1.165) is 27.5 Å². The summed E-state index contributed by atoms with van der Waals surface area (Å²) in [7, 11) is 1.37. The Morgan fingerprint density at radius 2 is 2.00 bits per heavy atom. The number of aromatic nitrogens is 2. The Morgan fingerprint density at radius 3 is 2.86 bits per heavy atom. The van der Waals surface area contributed by atoms with Gasteiger partial charge in [-0.2, -0.15) is 0 Å². The van der Waals surface area contributed by atoms with E-state index in [1.807, 2.05) is 41.3 Å². The number of nitrogens with one attached hydrogen (secondary N) is 1. The van der Waals surface area contributed by atoms with Crippen LogP contribution in [0.25, 0.3) is 21.9 Å². The summed E-state index contributed by atoms with van der Waals surface area (Å²) < 4.78 is 10.2. The first-order valence-corrected chi connectivity index (χ1v) is 9.47. The van der Waals surface area contributed by atoms with E-state index in [1.165, 1.54) is 7.11 Å². The topological polar surface area (TPSA) is 88.4 Å². The van der Waals surface area contributed by atoms with Crippen LogP contribution in [-0.2, 0) is 28.9 Å². The molecule has 4 aromatic rings. The van der Waals surface area contributed by atoms with Crippen molar-refractivity contribution in [2.75, 3.05) is 13.7 Å². The number of nitrogens with zero attached hydrogens (tertiary/aromatic N) is 2. The minimum Gasteiger partial charge on any atom is -0.465 e.